The number of anilines is 1. The van der Waals surface area contributed by atoms with Crippen LogP contribution in [-0.4, -0.2) is 16.9 Å². The predicted octanol–water partition coefficient (Wildman–Crippen LogP) is 3.58. The highest BCUT2D eigenvalue weighted by Gasteiger charge is 2.22. The van der Waals surface area contributed by atoms with Crippen LogP contribution in [0.3, 0.4) is 0 Å². The van der Waals surface area contributed by atoms with E-state index in [0.29, 0.717) is 16.6 Å². The van der Waals surface area contributed by atoms with Crippen LogP contribution in [0.2, 0.25) is 0 Å². The highest BCUT2D eigenvalue weighted by molar-refractivity contribution is 7.22. The van der Waals surface area contributed by atoms with Crippen molar-refractivity contribution in [2.45, 2.75) is 45.1 Å². The molecule has 0 radical (unpaired) electrons. The van der Waals surface area contributed by atoms with Gasteiger partial charge in [-0.2, -0.15) is 0 Å². The third-order valence-electron chi connectivity index (χ3n) is 4.38. The number of nitrogens with one attached hydrogen (secondary N) is 1. The van der Waals surface area contributed by atoms with Gasteiger partial charge in [-0.25, -0.2) is 4.98 Å². The zero-order valence-electron chi connectivity index (χ0n) is 12.3. The zero-order valence-corrected chi connectivity index (χ0v) is 13.1. The molecular formula is C16H21N3OS. The molecule has 2 aromatic rings. The van der Waals surface area contributed by atoms with Crippen molar-refractivity contribution in [2.75, 3.05) is 5.73 Å². The summed E-state index contributed by atoms with van der Waals surface area (Å²) >= 11 is 1.42. The SMILES string of the molecule is C[C@H](NC(=O)c1ccc2nc(N)sc2c1)C1CCCCC1. The molecule has 112 valence electrons. The Morgan fingerprint density at radius 1 is 1.38 bits per heavy atom. The topological polar surface area (TPSA) is 68.0 Å². The number of thiazole rings is 1. The lowest BCUT2D eigenvalue weighted by molar-refractivity contribution is 0.0919. The number of nitrogens with two attached hydrogens (primary N) is 1. The van der Waals surface area contributed by atoms with Crippen LogP contribution >= 0.6 is 11.3 Å². The van der Waals surface area contributed by atoms with Crippen LogP contribution in [0.15, 0.2) is 18.2 Å². The van der Waals surface area contributed by atoms with Gasteiger partial charge in [0.15, 0.2) is 5.13 Å². The molecular weight excluding hydrogens is 282 g/mol. The fourth-order valence-corrected chi connectivity index (χ4v) is 3.90. The average molecular weight is 303 g/mol. The minimum absolute atomic E-state index is 0.00180. The Labute approximate surface area is 128 Å². The molecule has 0 unspecified atom stereocenters. The molecule has 1 aromatic carbocycles. The van der Waals surface area contributed by atoms with Crippen molar-refractivity contribution >= 4 is 32.6 Å². The molecule has 0 aliphatic heterocycles. The molecule has 0 bridgehead atoms. The van der Waals surface area contributed by atoms with Crippen LogP contribution in [0.25, 0.3) is 10.2 Å². The summed E-state index contributed by atoms with van der Waals surface area (Å²) in [6, 6.07) is 5.80. The van der Waals surface area contributed by atoms with Crippen molar-refractivity contribution in [3.8, 4) is 0 Å². The Morgan fingerprint density at radius 3 is 2.90 bits per heavy atom. The van der Waals surface area contributed by atoms with Gasteiger partial charge in [0, 0.05) is 11.6 Å². The van der Waals surface area contributed by atoms with E-state index in [0.717, 1.165) is 10.2 Å². The summed E-state index contributed by atoms with van der Waals surface area (Å²) in [5, 5.41) is 3.69. The van der Waals surface area contributed by atoms with E-state index in [4.69, 9.17) is 5.73 Å². The number of fused-ring (bicyclic) bond motifs is 1. The van der Waals surface area contributed by atoms with Gasteiger partial charge in [-0.3, -0.25) is 4.79 Å². The summed E-state index contributed by atoms with van der Waals surface area (Å²) < 4.78 is 0.963. The van der Waals surface area contributed by atoms with Gasteiger partial charge < -0.3 is 11.1 Å². The molecule has 1 heterocycles. The molecule has 1 saturated carbocycles. The summed E-state index contributed by atoms with van der Waals surface area (Å²) in [5.41, 5.74) is 7.25. The number of nitrogens with zero attached hydrogens (tertiary/aromatic N) is 1. The molecule has 1 atom stereocenters. The highest BCUT2D eigenvalue weighted by atomic mass is 32.1. The van der Waals surface area contributed by atoms with Crippen LogP contribution in [0, 0.1) is 5.92 Å². The van der Waals surface area contributed by atoms with E-state index in [-0.39, 0.29) is 11.9 Å². The molecule has 0 saturated heterocycles. The van der Waals surface area contributed by atoms with Gasteiger partial charge in [0.25, 0.3) is 5.91 Å². The number of aromatic nitrogens is 1. The van der Waals surface area contributed by atoms with Gasteiger partial charge in [-0.15, -0.1) is 0 Å². The summed E-state index contributed by atoms with van der Waals surface area (Å²) in [6.45, 7) is 2.12. The number of hydrogen-bond donors (Lipinski definition) is 2. The van der Waals surface area contributed by atoms with Crippen LogP contribution in [-0.2, 0) is 0 Å². The molecule has 1 amide bonds. The van der Waals surface area contributed by atoms with Gasteiger partial charge >= 0.3 is 0 Å². The maximum Gasteiger partial charge on any atom is 0.251 e. The first-order valence-electron chi connectivity index (χ1n) is 7.60. The monoisotopic (exact) mass is 303 g/mol. The van der Waals surface area contributed by atoms with Gasteiger partial charge in [-0.05, 0) is 43.9 Å². The van der Waals surface area contributed by atoms with E-state index in [1.807, 2.05) is 18.2 Å². The van der Waals surface area contributed by atoms with Crippen molar-refractivity contribution in [3.63, 3.8) is 0 Å². The minimum atomic E-state index is 0.00180. The van der Waals surface area contributed by atoms with Crippen molar-refractivity contribution in [2.24, 2.45) is 5.92 Å². The van der Waals surface area contributed by atoms with Crippen LogP contribution in [0.1, 0.15) is 49.4 Å². The molecule has 1 fully saturated rings. The van der Waals surface area contributed by atoms with Crippen molar-refractivity contribution in [1.82, 2.24) is 10.3 Å². The minimum Gasteiger partial charge on any atom is -0.375 e. The van der Waals surface area contributed by atoms with Gasteiger partial charge in [0.2, 0.25) is 0 Å². The quantitative estimate of drug-likeness (QED) is 0.910. The Balaban J connectivity index is 1.70. The number of benzene rings is 1. The number of hydrogen-bond acceptors (Lipinski definition) is 4. The van der Waals surface area contributed by atoms with E-state index in [1.54, 1.807) is 0 Å². The Kier molecular flexibility index (Phi) is 4.10. The van der Waals surface area contributed by atoms with Crippen molar-refractivity contribution < 1.29 is 4.79 Å². The lowest BCUT2D eigenvalue weighted by Crippen LogP contribution is -2.38. The fourth-order valence-electron chi connectivity index (χ4n) is 3.13. The van der Waals surface area contributed by atoms with Gasteiger partial charge in [-0.1, -0.05) is 30.6 Å². The second-order valence-corrected chi connectivity index (χ2v) is 6.96. The zero-order chi connectivity index (χ0) is 14.8. The largest absolute Gasteiger partial charge is 0.375 e. The maximum atomic E-state index is 12.4. The van der Waals surface area contributed by atoms with E-state index in [2.05, 4.69) is 17.2 Å². The van der Waals surface area contributed by atoms with Gasteiger partial charge in [0.1, 0.15) is 0 Å². The Morgan fingerprint density at radius 2 is 2.14 bits per heavy atom. The first-order chi connectivity index (χ1) is 10.1. The van der Waals surface area contributed by atoms with E-state index in [9.17, 15) is 4.79 Å². The van der Waals surface area contributed by atoms with Crippen molar-refractivity contribution in [1.29, 1.82) is 0 Å². The number of nitrogen functional groups attached to an aromatic ring is 1. The molecule has 5 heteroatoms. The Bertz CT molecular complexity index is 646. The number of amides is 1. The maximum absolute atomic E-state index is 12.4. The summed E-state index contributed by atoms with van der Waals surface area (Å²) in [6.07, 6.45) is 6.37. The molecule has 3 N–H and O–H groups in total. The summed E-state index contributed by atoms with van der Waals surface area (Å²) in [5.74, 6) is 0.618. The normalized spacial score (nSPS) is 17.8. The lowest BCUT2D eigenvalue weighted by atomic mass is 9.84. The molecule has 21 heavy (non-hydrogen) atoms. The third kappa shape index (κ3) is 3.18. The van der Waals surface area contributed by atoms with Crippen molar-refractivity contribution in [3.05, 3.63) is 23.8 Å². The second kappa shape index (κ2) is 6.02. The molecule has 4 nitrogen and oxygen atoms in total. The number of rotatable bonds is 3. The van der Waals surface area contributed by atoms with E-state index < -0.39 is 0 Å². The predicted molar refractivity (Wildman–Crippen MR) is 87.5 cm³/mol. The Hall–Kier alpha value is -1.62. The first-order valence-corrected chi connectivity index (χ1v) is 8.42. The average Bonchev–Trinajstić information content (AvgIpc) is 2.87. The smallest absolute Gasteiger partial charge is 0.251 e. The summed E-state index contributed by atoms with van der Waals surface area (Å²) in [4.78, 5) is 16.6. The van der Waals surface area contributed by atoms with Crippen LogP contribution in [0.4, 0.5) is 5.13 Å². The first kappa shape index (κ1) is 14.3. The molecule has 0 spiro atoms. The fraction of sp³-hybridized carbons (Fsp3) is 0.500. The molecule has 3 rings (SSSR count). The third-order valence-corrected chi connectivity index (χ3v) is 5.23. The highest BCUT2D eigenvalue weighted by Crippen LogP contribution is 2.27. The molecule has 1 aromatic heterocycles. The summed E-state index contributed by atoms with van der Waals surface area (Å²) in [7, 11) is 0. The molecule has 1 aliphatic carbocycles. The van der Waals surface area contributed by atoms with Crippen LogP contribution < -0.4 is 11.1 Å². The van der Waals surface area contributed by atoms with Crippen LogP contribution in [0.5, 0.6) is 0 Å². The van der Waals surface area contributed by atoms with E-state index in [1.165, 1.54) is 43.4 Å². The van der Waals surface area contributed by atoms with E-state index >= 15 is 0 Å². The standard InChI is InChI=1S/C16H21N3OS/c1-10(11-5-3-2-4-6-11)18-15(20)12-7-8-13-14(9-12)21-16(17)19-13/h7-11H,2-6H2,1H3,(H2,17,19)(H,18,20)/t10-/m0/s1. The number of carbonyl (C=O) groups is 1. The second-order valence-electron chi connectivity index (χ2n) is 5.89. The number of carbonyl (C=O) groups excluding carboxylic acids is 1. The molecule has 1 aliphatic rings. The van der Waals surface area contributed by atoms with Gasteiger partial charge in [0.05, 0.1) is 10.2 Å². The lowest BCUT2D eigenvalue weighted by Gasteiger charge is -2.28.